The summed E-state index contributed by atoms with van der Waals surface area (Å²) < 4.78 is 5.83. The SMILES string of the molecule is COC(=O)CC1C(=O)NCCN1Cc1sc2ccccc2c1Cl. The summed E-state index contributed by atoms with van der Waals surface area (Å²) in [6, 6.07) is 7.45. The van der Waals surface area contributed by atoms with Gasteiger partial charge in [0.05, 0.1) is 18.6 Å². The normalized spacial score (nSPS) is 18.9. The zero-order chi connectivity index (χ0) is 16.4. The minimum atomic E-state index is -0.516. The van der Waals surface area contributed by atoms with Crippen molar-refractivity contribution in [2.24, 2.45) is 0 Å². The lowest BCUT2D eigenvalue weighted by Crippen LogP contribution is -2.55. The third-order valence-corrected chi connectivity index (χ3v) is 5.68. The van der Waals surface area contributed by atoms with Gasteiger partial charge in [-0.3, -0.25) is 14.5 Å². The molecule has 1 N–H and O–H groups in total. The van der Waals surface area contributed by atoms with Crippen LogP contribution in [0.5, 0.6) is 0 Å². The van der Waals surface area contributed by atoms with Crippen LogP contribution in [0, 0.1) is 0 Å². The Labute approximate surface area is 143 Å². The highest BCUT2D eigenvalue weighted by Gasteiger charge is 2.32. The van der Waals surface area contributed by atoms with Crippen molar-refractivity contribution in [2.75, 3.05) is 20.2 Å². The van der Waals surface area contributed by atoms with E-state index in [1.54, 1.807) is 11.3 Å². The van der Waals surface area contributed by atoms with Crippen LogP contribution in [-0.4, -0.2) is 43.0 Å². The van der Waals surface area contributed by atoms with Crippen LogP contribution in [0.2, 0.25) is 5.02 Å². The van der Waals surface area contributed by atoms with Gasteiger partial charge in [-0.15, -0.1) is 11.3 Å². The van der Waals surface area contributed by atoms with E-state index in [1.165, 1.54) is 7.11 Å². The topological polar surface area (TPSA) is 58.6 Å². The van der Waals surface area contributed by atoms with Gasteiger partial charge in [0.15, 0.2) is 0 Å². The maximum atomic E-state index is 12.1. The zero-order valence-electron chi connectivity index (χ0n) is 12.7. The maximum Gasteiger partial charge on any atom is 0.307 e. The van der Waals surface area contributed by atoms with E-state index in [0.717, 1.165) is 20.0 Å². The van der Waals surface area contributed by atoms with Crippen molar-refractivity contribution < 1.29 is 14.3 Å². The Hall–Kier alpha value is -1.63. The number of hydrogen-bond donors (Lipinski definition) is 1. The van der Waals surface area contributed by atoms with E-state index in [2.05, 4.69) is 5.32 Å². The summed E-state index contributed by atoms with van der Waals surface area (Å²) in [5.41, 5.74) is 0. The standard InChI is InChI=1S/C16H17ClN2O3S/c1-22-14(20)8-11-16(21)18-6-7-19(11)9-13-15(17)10-4-2-3-5-12(10)23-13/h2-5,11H,6-9H2,1H3,(H,18,21). The van der Waals surface area contributed by atoms with Crippen molar-refractivity contribution in [1.29, 1.82) is 0 Å². The van der Waals surface area contributed by atoms with E-state index < -0.39 is 6.04 Å². The molecule has 1 aliphatic rings. The third-order valence-electron chi connectivity index (χ3n) is 3.98. The van der Waals surface area contributed by atoms with E-state index in [-0.39, 0.29) is 18.3 Å². The molecule has 1 amide bonds. The van der Waals surface area contributed by atoms with Crippen molar-refractivity contribution >= 4 is 44.9 Å². The quantitative estimate of drug-likeness (QED) is 0.858. The van der Waals surface area contributed by atoms with E-state index >= 15 is 0 Å². The first-order chi connectivity index (χ1) is 11.1. The van der Waals surface area contributed by atoms with Gasteiger partial charge in [-0.2, -0.15) is 0 Å². The fourth-order valence-corrected chi connectivity index (χ4v) is 4.28. The highest BCUT2D eigenvalue weighted by atomic mass is 35.5. The van der Waals surface area contributed by atoms with Gasteiger partial charge < -0.3 is 10.1 Å². The Bertz CT molecular complexity index is 746. The van der Waals surface area contributed by atoms with Crippen LogP contribution in [0.25, 0.3) is 10.1 Å². The molecule has 0 spiro atoms. The van der Waals surface area contributed by atoms with Gasteiger partial charge in [0.25, 0.3) is 0 Å². The second kappa shape index (κ2) is 6.86. The molecule has 0 saturated carbocycles. The van der Waals surface area contributed by atoms with Crippen molar-refractivity contribution in [3.05, 3.63) is 34.2 Å². The highest BCUT2D eigenvalue weighted by Crippen LogP contribution is 2.36. The van der Waals surface area contributed by atoms with Crippen LogP contribution in [0.15, 0.2) is 24.3 Å². The number of fused-ring (bicyclic) bond motifs is 1. The van der Waals surface area contributed by atoms with Crippen molar-refractivity contribution in [2.45, 2.75) is 19.0 Å². The second-order valence-corrected chi connectivity index (χ2v) is 6.91. The Morgan fingerprint density at radius 2 is 2.26 bits per heavy atom. The molecule has 7 heteroatoms. The van der Waals surface area contributed by atoms with Gasteiger partial charge >= 0.3 is 5.97 Å². The van der Waals surface area contributed by atoms with Crippen molar-refractivity contribution in [3.63, 3.8) is 0 Å². The molecule has 1 aromatic heterocycles. The molecule has 1 aromatic carbocycles. The molecule has 0 aliphatic carbocycles. The number of carbonyl (C=O) groups is 2. The number of halogens is 1. The molecule has 23 heavy (non-hydrogen) atoms. The molecule has 2 heterocycles. The molecule has 1 unspecified atom stereocenters. The average Bonchev–Trinajstić information content (AvgIpc) is 2.87. The smallest absolute Gasteiger partial charge is 0.307 e. The summed E-state index contributed by atoms with van der Waals surface area (Å²) in [4.78, 5) is 26.7. The van der Waals surface area contributed by atoms with Crippen LogP contribution >= 0.6 is 22.9 Å². The van der Waals surface area contributed by atoms with Crippen molar-refractivity contribution in [3.8, 4) is 0 Å². The van der Waals surface area contributed by atoms with E-state index in [4.69, 9.17) is 16.3 Å². The number of carbonyl (C=O) groups excluding carboxylic acids is 2. The third kappa shape index (κ3) is 3.34. The molecule has 1 aliphatic heterocycles. The number of methoxy groups -OCH3 is 1. The monoisotopic (exact) mass is 352 g/mol. The van der Waals surface area contributed by atoms with Crippen LogP contribution in [0.1, 0.15) is 11.3 Å². The second-order valence-electron chi connectivity index (χ2n) is 5.39. The number of amides is 1. The molecule has 122 valence electrons. The minimum absolute atomic E-state index is 0.0465. The van der Waals surface area contributed by atoms with Gasteiger partial charge in [0.2, 0.25) is 5.91 Å². The average molecular weight is 353 g/mol. The molecule has 0 radical (unpaired) electrons. The van der Waals surface area contributed by atoms with Crippen molar-refractivity contribution in [1.82, 2.24) is 10.2 Å². The number of ether oxygens (including phenoxy) is 1. The van der Waals surface area contributed by atoms with Gasteiger partial charge in [-0.05, 0) is 6.07 Å². The lowest BCUT2D eigenvalue weighted by Gasteiger charge is -2.34. The minimum Gasteiger partial charge on any atom is -0.469 e. The van der Waals surface area contributed by atoms with E-state index in [9.17, 15) is 9.59 Å². The first kappa shape index (κ1) is 16.2. The fourth-order valence-electron chi connectivity index (χ4n) is 2.77. The molecule has 1 atom stereocenters. The largest absolute Gasteiger partial charge is 0.469 e. The van der Waals surface area contributed by atoms with Crippen LogP contribution in [0.4, 0.5) is 0 Å². The first-order valence-corrected chi connectivity index (χ1v) is 8.54. The summed E-state index contributed by atoms with van der Waals surface area (Å²) in [7, 11) is 1.33. The molecule has 2 aromatic rings. The summed E-state index contributed by atoms with van der Waals surface area (Å²) in [5, 5.41) is 4.56. The Kier molecular flexibility index (Phi) is 4.84. The molecule has 3 rings (SSSR count). The van der Waals surface area contributed by atoms with Gasteiger partial charge in [0.1, 0.15) is 6.04 Å². The Morgan fingerprint density at radius 1 is 1.48 bits per heavy atom. The molecule has 5 nitrogen and oxygen atoms in total. The van der Waals surface area contributed by atoms with E-state index in [1.807, 2.05) is 29.2 Å². The summed E-state index contributed by atoms with van der Waals surface area (Å²) >= 11 is 8.11. The molecule has 1 saturated heterocycles. The number of thiophene rings is 1. The van der Waals surface area contributed by atoms with Gasteiger partial charge in [0, 0.05) is 34.6 Å². The zero-order valence-corrected chi connectivity index (χ0v) is 14.2. The molecule has 1 fully saturated rings. The van der Waals surface area contributed by atoms with Crippen LogP contribution in [-0.2, 0) is 20.9 Å². The summed E-state index contributed by atoms with van der Waals surface area (Å²) in [5.74, 6) is -0.529. The number of rotatable bonds is 4. The van der Waals surface area contributed by atoms with Crippen LogP contribution in [0.3, 0.4) is 0 Å². The number of esters is 1. The fraction of sp³-hybridized carbons (Fsp3) is 0.375. The number of nitrogens with zero attached hydrogens (tertiary/aromatic N) is 1. The maximum absolute atomic E-state index is 12.1. The Balaban J connectivity index is 1.84. The molecular formula is C16H17ClN2O3S. The molecule has 0 bridgehead atoms. The predicted molar refractivity (Wildman–Crippen MR) is 90.7 cm³/mol. The van der Waals surface area contributed by atoms with E-state index in [0.29, 0.717) is 19.6 Å². The van der Waals surface area contributed by atoms with Gasteiger partial charge in [-0.1, -0.05) is 29.8 Å². The lowest BCUT2D eigenvalue weighted by atomic mass is 10.1. The Morgan fingerprint density at radius 3 is 3.00 bits per heavy atom. The summed E-state index contributed by atoms with van der Waals surface area (Å²) in [6.45, 7) is 1.80. The lowest BCUT2D eigenvalue weighted by molar-refractivity contribution is -0.146. The molecular weight excluding hydrogens is 336 g/mol. The number of benzene rings is 1. The number of nitrogens with one attached hydrogen (secondary N) is 1. The first-order valence-electron chi connectivity index (χ1n) is 7.34. The number of piperazine rings is 1. The highest BCUT2D eigenvalue weighted by molar-refractivity contribution is 7.19. The van der Waals surface area contributed by atoms with Gasteiger partial charge in [-0.25, -0.2) is 0 Å². The number of hydrogen-bond acceptors (Lipinski definition) is 5. The van der Waals surface area contributed by atoms with Crippen LogP contribution < -0.4 is 5.32 Å². The predicted octanol–water partition coefficient (Wildman–Crippen LogP) is 2.42. The summed E-state index contributed by atoms with van der Waals surface area (Å²) in [6.07, 6.45) is 0.0465.